The summed E-state index contributed by atoms with van der Waals surface area (Å²) in [6, 6.07) is 26.0. The topological polar surface area (TPSA) is 61.4 Å². The molecule has 0 aromatic heterocycles. The Morgan fingerprint density at radius 2 is 1.42 bits per heavy atom. The molecular formula is C28H31N3O2. The predicted molar refractivity (Wildman–Crippen MR) is 132 cm³/mol. The maximum Gasteiger partial charge on any atom is 0.251 e. The lowest BCUT2D eigenvalue weighted by molar-refractivity contribution is -0.118. The molecule has 2 N–H and O–H groups in total. The van der Waals surface area contributed by atoms with Gasteiger partial charge in [-0.15, -0.1) is 0 Å². The van der Waals surface area contributed by atoms with Crippen LogP contribution in [0.1, 0.15) is 34.3 Å². The minimum atomic E-state index is -0.685. The van der Waals surface area contributed by atoms with E-state index in [1.54, 1.807) is 12.1 Å². The van der Waals surface area contributed by atoms with E-state index >= 15 is 0 Å². The summed E-state index contributed by atoms with van der Waals surface area (Å²) in [6.07, 6.45) is 4.03. The second kappa shape index (κ2) is 11.4. The van der Waals surface area contributed by atoms with Crippen LogP contribution in [-0.4, -0.2) is 42.4 Å². The second-order valence-corrected chi connectivity index (χ2v) is 8.57. The van der Waals surface area contributed by atoms with E-state index in [4.69, 9.17) is 0 Å². The molecule has 1 fully saturated rings. The maximum atomic E-state index is 13.1. The van der Waals surface area contributed by atoms with Crippen molar-refractivity contribution < 1.29 is 9.59 Å². The van der Waals surface area contributed by atoms with Crippen molar-refractivity contribution in [1.82, 2.24) is 10.2 Å². The van der Waals surface area contributed by atoms with Gasteiger partial charge >= 0.3 is 0 Å². The smallest absolute Gasteiger partial charge is 0.251 e. The summed E-state index contributed by atoms with van der Waals surface area (Å²) in [5.41, 5.74) is 3.52. The van der Waals surface area contributed by atoms with E-state index in [1.165, 1.54) is 31.5 Å². The van der Waals surface area contributed by atoms with Crippen LogP contribution in [0.25, 0.3) is 0 Å². The largest absolute Gasteiger partial charge is 0.340 e. The summed E-state index contributed by atoms with van der Waals surface area (Å²) in [6.45, 7) is 3.48. The summed E-state index contributed by atoms with van der Waals surface area (Å²) in [7, 11) is 0. The summed E-state index contributed by atoms with van der Waals surface area (Å²) in [4.78, 5) is 28.4. The number of likely N-dealkylation sites (tertiary alicyclic amines) is 1. The van der Waals surface area contributed by atoms with E-state index in [0.29, 0.717) is 12.0 Å². The van der Waals surface area contributed by atoms with Crippen molar-refractivity contribution in [2.24, 2.45) is 0 Å². The lowest BCUT2D eigenvalue weighted by Gasteiger charge is -2.19. The number of amides is 2. The fourth-order valence-corrected chi connectivity index (χ4v) is 4.17. The second-order valence-electron chi connectivity index (χ2n) is 8.57. The lowest BCUT2D eigenvalue weighted by Crippen LogP contribution is -2.45. The van der Waals surface area contributed by atoms with Crippen molar-refractivity contribution in [3.63, 3.8) is 0 Å². The van der Waals surface area contributed by atoms with E-state index in [0.717, 1.165) is 24.2 Å². The Bertz CT molecular complexity index is 1030. The molecule has 2 amide bonds. The molecule has 0 radical (unpaired) electrons. The molecule has 3 aromatic rings. The first-order valence-electron chi connectivity index (χ1n) is 11.7. The Morgan fingerprint density at radius 3 is 2.09 bits per heavy atom. The molecule has 3 aromatic carbocycles. The standard InChI is InChI=1S/C28H31N3O2/c32-27(24-11-5-2-6-12-24)30-26(21-23-9-3-1-4-10-23)28(33)29-25-15-13-22(14-16-25)17-20-31-18-7-8-19-31/h1-6,9-16,26H,7-8,17-21H2,(H,29,33)(H,30,32). The van der Waals surface area contributed by atoms with Gasteiger partial charge in [0.05, 0.1) is 0 Å². The minimum Gasteiger partial charge on any atom is -0.340 e. The molecular weight excluding hydrogens is 410 g/mol. The first kappa shape index (κ1) is 22.7. The number of nitrogens with zero attached hydrogens (tertiary/aromatic N) is 1. The van der Waals surface area contributed by atoms with Crippen LogP contribution in [0, 0.1) is 0 Å². The summed E-state index contributed by atoms with van der Waals surface area (Å²) < 4.78 is 0. The van der Waals surface area contributed by atoms with Crippen molar-refractivity contribution in [3.05, 3.63) is 102 Å². The molecule has 1 saturated heterocycles. The van der Waals surface area contributed by atoms with Gasteiger partial charge in [0.1, 0.15) is 6.04 Å². The quantitative estimate of drug-likeness (QED) is 0.520. The fraction of sp³-hybridized carbons (Fsp3) is 0.286. The molecule has 1 atom stereocenters. The highest BCUT2D eigenvalue weighted by Gasteiger charge is 2.22. The monoisotopic (exact) mass is 441 g/mol. The minimum absolute atomic E-state index is 0.229. The molecule has 1 heterocycles. The fourth-order valence-electron chi connectivity index (χ4n) is 4.17. The number of anilines is 1. The predicted octanol–water partition coefficient (Wildman–Crippen LogP) is 4.30. The highest BCUT2D eigenvalue weighted by atomic mass is 16.2. The van der Waals surface area contributed by atoms with Gasteiger partial charge in [0.15, 0.2) is 0 Å². The van der Waals surface area contributed by atoms with Crippen LogP contribution in [0.3, 0.4) is 0 Å². The molecule has 4 rings (SSSR count). The van der Waals surface area contributed by atoms with Gasteiger partial charge in [-0.2, -0.15) is 0 Å². The number of rotatable bonds is 9. The molecule has 1 aliphatic heterocycles. The van der Waals surface area contributed by atoms with Gasteiger partial charge in [-0.05, 0) is 67.7 Å². The normalized spacial score (nSPS) is 14.5. The Kier molecular flexibility index (Phi) is 7.88. The summed E-state index contributed by atoms with van der Waals surface area (Å²) in [5, 5.41) is 5.89. The van der Waals surface area contributed by atoms with Crippen LogP contribution in [0.4, 0.5) is 5.69 Å². The molecule has 1 aliphatic rings. The van der Waals surface area contributed by atoms with Gasteiger partial charge in [-0.3, -0.25) is 9.59 Å². The Labute approximate surface area is 195 Å². The zero-order valence-electron chi connectivity index (χ0n) is 18.9. The first-order valence-corrected chi connectivity index (χ1v) is 11.7. The third-order valence-electron chi connectivity index (χ3n) is 6.08. The van der Waals surface area contributed by atoms with Crippen molar-refractivity contribution in [1.29, 1.82) is 0 Å². The Hall–Kier alpha value is -3.44. The SMILES string of the molecule is O=C(NC(Cc1ccccc1)C(=O)Nc1ccc(CCN2CCCC2)cc1)c1ccccc1. The van der Waals surface area contributed by atoms with Crippen LogP contribution in [0.2, 0.25) is 0 Å². The van der Waals surface area contributed by atoms with Gasteiger partial charge < -0.3 is 15.5 Å². The van der Waals surface area contributed by atoms with E-state index in [2.05, 4.69) is 27.7 Å². The first-order chi connectivity index (χ1) is 16.2. The summed E-state index contributed by atoms with van der Waals surface area (Å²) >= 11 is 0. The molecule has 33 heavy (non-hydrogen) atoms. The Morgan fingerprint density at radius 1 is 0.788 bits per heavy atom. The zero-order chi connectivity index (χ0) is 22.9. The zero-order valence-corrected chi connectivity index (χ0v) is 18.9. The van der Waals surface area contributed by atoms with Crippen LogP contribution in [0.5, 0.6) is 0 Å². The third-order valence-corrected chi connectivity index (χ3v) is 6.08. The number of carbonyl (C=O) groups excluding carboxylic acids is 2. The molecule has 0 spiro atoms. The van der Waals surface area contributed by atoms with Crippen molar-refractivity contribution >= 4 is 17.5 Å². The molecule has 0 saturated carbocycles. The van der Waals surface area contributed by atoms with Crippen LogP contribution in [0.15, 0.2) is 84.9 Å². The number of benzene rings is 3. The molecule has 5 heteroatoms. The highest BCUT2D eigenvalue weighted by Crippen LogP contribution is 2.14. The molecule has 170 valence electrons. The lowest BCUT2D eigenvalue weighted by atomic mass is 10.0. The van der Waals surface area contributed by atoms with Crippen molar-refractivity contribution in [2.45, 2.75) is 31.7 Å². The van der Waals surface area contributed by atoms with Crippen LogP contribution in [-0.2, 0) is 17.6 Å². The number of hydrogen-bond donors (Lipinski definition) is 2. The molecule has 5 nitrogen and oxygen atoms in total. The number of carbonyl (C=O) groups is 2. The van der Waals surface area contributed by atoms with Gasteiger partial charge in [0.2, 0.25) is 5.91 Å². The molecule has 1 unspecified atom stereocenters. The highest BCUT2D eigenvalue weighted by molar-refractivity contribution is 6.01. The van der Waals surface area contributed by atoms with E-state index in [-0.39, 0.29) is 11.8 Å². The third kappa shape index (κ3) is 6.77. The van der Waals surface area contributed by atoms with E-state index in [9.17, 15) is 9.59 Å². The van der Waals surface area contributed by atoms with Gasteiger partial charge in [0, 0.05) is 24.2 Å². The number of hydrogen-bond acceptors (Lipinski definition) is 3. The maximum absolute atomic E-state index is 13.1. The average Bonchev–Trinajstić information content (AvgIpc) is 3.38. The van der Waals surface area contributed by atoms with Crippen LogP contribution < -0.4 is 10.6 Å². The number of nitrogens with one attached hydrogen (secondary N) is 2. The average molecular weight is 442 g/mol. The van der Waals surface area contributed by atoms with Gasteiger partial charge in [-0.1, -0.05) is 60.7 Å². The molecule has 0 aliphatic carbocycles. The van der Waals surface area contributed by atoms with E-state index in [1.807, 2.05) is 60.7 Å². The summed E-state index contributed by atoms with van der Waals surface area (Å²) in [5.74, 6) is -0.489. The van der Waals surface area contributed by atoms with Gasteiger partial charge in [-0.25, -0.2) is 0 Å². The molecule has 0 bridgehead atoms. The Balaban J connectivity index is 1.40. The van der Waals surface area contributed by atoms with Gasteiger partial charge in [0.25, 0.3) is 5.91 Å². The van der Waals surface area contributed by atoms with E-state index < -0.39 is 6.04 Å². The van der Waals surface area contributed by atoms with Crippen molar-refractivity contribution in [3.8, 4) is 0 Å². The van der Waals surface area contributed by atoms with Crippen LogP contribution >= 0.6 is 0 Å². The van der Waals surface area contributed by atoms with Crippen molar-refractivity contribution in [2.75, 3.05) is 25.0 Å².